The highest BCUT2D eigenvalue weighted by Gasteiger charge is 2.14. The molecule has 6 heteroatoms. The summed E-state index contributed by atoms with van der Waals surface area (Å²) in [5.74, 6) is 1.20. The minimum Gasteiger partial charge on any atom is -0.368 e. The number of hydrogen-bond donors (Lipinski definition) is 3. The molecule has 1 aromatic heterocycles. The lowest BCUT2D eigenvalue weighted by Gasteiger charge is -2.19. The van der Waals surface area contributed by atoms with Crippen LogP contribution in [0.4, 0.5) is 17.6 Å². The lowest BCUT2D eigenvalue weighted by molar-refractivity contribution is 0.586. The second-order valence-electron chi connectivity index (χ2n) is 7.01. The molecule has 1 heterocycles. The van der Waals surface area contributed by atoms with Gasteiger partial charge in [-0.15, -0.1) is 0 Å². The Morgan fingerprint density at radius 3 is 2.00 bits per heavy atom. The Morgan fingerprint density at radius 1 is 0.767 bits per heavy atom. The fourth-order valence-electron chi connectivity index (χ4n) is 3.32. The van der Waals surface area contributed by atoms with E-state index >= 15 is 0 Å². The van der Waals surface area contributed by atoms with E-state index in [1.165, 1.54) is 11.1 Å². The van der Waals surface area contributed by atoms with Crippen LogP contribution >= 0.6 is 0 Å². The molecule has 0 unspecified atom stereocenters. The van der Waals surface area contributed by atoms with Crippen molar-refractivity contribution in [1.29, 1.82) is 0 Å². The molecule has 0 aliphatic rings. The van der Waals surface area contributed by atoms with Crippen molar-refractivity contribution in [2.24, 2.45) is 0 Å². The van der Waals surface area contributed by atoms with E-state index in [1.807, 2.05) is 67.6 Å². The molecule has 0 radical (unpaired) electrons. The molecule has 0 spiro atoms. The second kappa shape index (κ2) is 9.15. The van der Waals surface area contributed by atoms with Crippen LogP contribution in [0.5, 0.6) is 0 Å². The van der Waals surface area contributed by atoms with Gasteiger partial charge >= 0.3 is 0 Å². The van der Waals surface area contributed by atoms with E-state index in [1.54, 1.807) is 0 Å². The normalized spacial score (nSPS) is 10.9. The van der Waals surface area contributed by atoms with Gasteiger partial charge in [0.2, 0.25) is 11.9 Å². The summed E-state index contributed by atoms with van der Waals surface area (Å²) in [5, 5.41) is 6.80. The summed E-state index contributed by atoms with van der Waals surface area (Å²) in [6.07, 6.45) is 0. The summed E-state index contributed by atoms with van der Waals surface area (Å²) in [6.45, 7) is 2.48. The summed E-state index contributed by atoms with van der Waals surface area (Å²) in [6, 6.07) is 28.6. The van der Waals surface area contributed by atoms with E-state index in [2.05, 4.69) is 49.9 Å². The van der Waals surface area contributed by atoms with E-state index in [-0.39, 0.29) is 12.0 Å². The number of nitrogens with one attached hydrogen (secondary N) is 2. The van der Waals surface area contributed by atoms with Gasteiger partial charge in [0.1, 0.15) is 5.82 Å². The molecule has 4 aromatic rings. The molecular weight excluding hydrogens is 372 g/mol. The van der Waals surface area contributed by atoms with Crippen LogP contribution in [0.3, 0.4) is 0 Å². The number of aryl methyl sites for hydroxylation is 1. The molecule has 4 rings (SSSR count). The average Bonchev–Trinajstić information content (AvgIpc) is 2.77. The smallest absolute Gasteiger partial charge is 0.232 e. The fraction of sp³-hybridized carbons (Fsp3) is 0.125. The van der Waals surface area contributed by atoms with E-state index < -0.39 is 0 Å². The number of hydrogen-bond acceptors (Lipinski definition) is 6. The highest BCUT2D eigenvalue weighted by Crippen LogP contribution is 2.22. The number of rotatable bonds is 7. The zero-order chi connectivity index (χ0) is 20.8. The molecule has 0 fully saturated rings. The molecule has 6 nitrogen and oxygen atoms in total. The Hall–Kier alpha value is -3.77. The van der Waals surface area contributed by atoms with Crippen molar-refractivity contribution in [3.63, 3.8) is 0 Å². The highest BCUT2D eigenvalue weighted by molar-refractivity contribution is 5.58. The molecular formula is C24H24N6. The Kier molecular flexibility index (Phi) is 5.96. The number of nitrogens with zero attached hydrogens (tertiary/aromatic N) is 3. The van der Waals surface area contributed by atoms with Gasteiger partial charge in [-0.25, -0.2) is 0 Å². The first-order valence-electron chi connectivity index (χ1n) is 9.85. The van der Waals surface area contributed by atoms with Gasteiger partial charge in [-0.3, -0.25) is 5.32 Å². The van der Waals surface area contributed by atoms with Gasteiger partial charge < -0.3 is 11.1 Å². The van der Waals surface area contributed by atoms with E-state index in [0.717, 1.165) is 11.3 Å². The summed E-state index contributed by atoms with van der Waals surface area (Å²) in [4.78, 5) is 13.1. The van der Waals surface area contributed by atoms with Gasteiger partial charge in [-0.2, -0.15) is 15.0 Å². The van der Waals surface area contributed by atoms with E-state index in [9.17, 15) is 0 Å². The van der Waals surface area contributed by atoms with Crippen molar-refractivity contribution < 1.29 is 0 Å². The van der Waals surface area contributed by atoms with E-state index in [0.29, 0.717) is 18.3 Å². The van der Waals surface area contributed by atoms with Crippen LogP contribution in [0, 0.1) is 6.92 Å². The van der Waals surface area contributed by atoms with Crippen molar-refractivity contribution in [1.82, 2.24) is 20.3 Å². The first-order valence-corrected chi connectivity index (χ1v) is 9.85. The van der Waals surface area contributed by atoms with Gasteiger partial charge in [-0.1, -0.05) is 78.9 Å². The van der Waals surface area contributed by atoms with Gasteiger partial charge in [0.05, 0.1) is 12.6 Å². The molecule has 4 N–H and O–H groups in total. The number of nitrogens with two attached hydrogens (primary N) is 1. The van der Waals surface area contributed by atoms with Crippen LogP contribution < -0.4 is 16.4 Å². The molecule has 0 bridgehead atoms. The van der Waals surface area contributed by atoms with Crippen LogP contribution in [-0.4, -0.2) is 15.0 Å². The first kappa shape index (κ1) is 19.5. The summed E-state index contributed by atoms with van der Waals surface area (Å²) < 4.78 is 0. The Bertz CT molecular complexity index is 1060. The zero-order valence-electron chi connectivity index (χ0n) is 16.8. The number of anilines is 3. The molecule has 0 saturated carbocycles. The minimum absolute atomic E-state index is 0.0122. The quantitative estimate of drug-likeness (QED) is 0.429. The van der Waals surface area contributed by atoms with Crippen LogP contribution in [0.25, 0.3) is 0 Å². The standard InChI is InChI=1S/C24H24N6/c1-17-10-8-9-15-20(17)27-24-29-21(28-23(25)30-24)16-26-22(18-11-4-2-5-12-18)19-13-6-3-7-14-19/h2-15,22,26H,16H2,1H3,(H3,25,27,28,29,30). The highest BCUT2D eigenvalue weighted by atomic mass is 15.2. The van der Waals surface area contributed by atoms with Crippen LogP contribution in [0.2, 0.25) is 0 Å². The lowest BCUT2D eigenvalue weighted by Crippen LogP contribution is -2.23. The third-order valence-corrected chi connectivity index (χ3v) is 4.82. The van der Waals surface area contributed by atoms with Crippen molar-refractivity contribution in [3.8, 4) is 0 Å². The Labute approximate surface area is 176 Å². The molecule has 0 amide bonds. The van der Waals surface area contributed by atoms with Crippen molar-refractivity contribution >= 4 is 17.6 Å². The molecule has 0 aliphatic carbocycles. The lowest BCUT2D eigenvalue weighted by atomic mass is 9.99. The van der Waals surface area contributed by atoms with E-state index in [4.69, 9.17) is 5.73 Å². The third-order valence-electron chi connectivity index (χ3n) is 4.82. The second-order valence-corrected chi connectivity index (χ2v) is 7.01. The SMILES string of the molecule is Cc1ccccc1Nc1nc(N)nc(CNC(c2ccccc2)c2ccccc2)n1. The van der Waals surface area contributed by atoms with Crippen molar-refractivity contribution in [2.75, 3.05) is 11.1 Å². The van der Waals surface area contributed by atoms with Crippen molar-refractivity contribution in [2.45, 2.75) is 19.5 Å². The molecule has 0 aliphatic heterocycles. The van der Waals surface area contributed by atoms with Gasteiger partial charge in [0.15, 0.2) is 0 Å². The summed E-state index contributed by atoms with van der Waals surface area (Å²) >= 11 is 0. The number of para-hydroxylation sites is 1. The molecule has 3 aromatic carbocycles. The van der Waals surface area contributed by atoms with Crippen LogP contribution in [0.15, 0.2) is 84.9 Å². The van der Waals surface area contributed by atoms with Gasteiger partial charge in [0.25, 0.3) is 0 Å². The minimum atomic E-state index is 0.0122. The molecule has 30 heavy (non-hydrogen) atoms. The average molecular weight is 396 g/mol. The Balaban J connectivity index is 1.55. The van der Waals surface area contributed by atoms with Crippen LogP contribution in [-0.2, 0) is 6.54 Å². The maximum atomic E-state index is 5.95. The zero-order valence-corrected chi connectivity index (χ0v) is 16.8. The fourth-order valence-corrected chi connectivity index (χ4v) is 3.32. The molecule has 0 atom stereocenters. The topological polar surface area (TPSA) is 88.8 Å². The van der Waals surface area contributed by atoms with Crippen LogP contribution in [0.1, 0.15) is 28.6 Å². The predicted molar refractivity (Wildman–Crippen MR) is 120 cm³/mol. The largest absolute Gasteiger partial charge is 0.368 e. The number of benzene rings is 3. The molecule has 0 saturated heterocycles. The van der Waals surface area contributed by atoms with Gasteiger partial charge in [-0.05, 0) is 29.7 Å². The molecule has 150 valence electrons. The Morgan fingerprint density at radius 2 is 1.37 bits per heavy atom. The maximum absolute atomic E-state index is 5.95. The summed E-state index contributed by atoms with van der Waals surface area (Å²) in [7, 11) is 0. The number of aromatic nitrogens is 3. The predicted octanol–water partition coefficient (Wildman–Crippen LogP) is 4.39. The maximum Gasteiger partial charge on any atom is 0.232 e. The summed E-state index contributed by atoms with van der Waals surface area (Å²) in [5.41, 5.74) is 10.3. The number of nitrogen functional groups attached to an aromatic ring is 1. The van der Waals surface area contributed by atoms with Gasteiger partial charge in [0, 0.05) is 5.69 Å². The first-order chi connectivity index (χ1) is 14.7. The monoisotopic (exact) mass is 396 g/mol. The van der Waals surface area contributed by atoms with Crippen molar-refractivity contribution in [3.05, 3.63) is 107 Å². The third kappa shape index (κ3) is 4.79.